The monoisotopic (exact) mass is 532 g/mol. The van der Waals surface area contributed by atoms with E-state index < -0.39 is 26.3 Å². The summed E-state index contributed by atoms with van der Waals surface area (Å²) >= 11 is 0. The number of sulfonamides is 1. The van der Waals surface area contributed by atoms with Crippen LogP contribution >= 0.6 is 0 Å². The van der Waals surface area contributed by atoms with Gasteiger partial charge in [0.2, 0.25) is 0 Å². The molecule has 0 amide bonds. The molecule has 1 aliphatic heterocycles. The molecule has 3 aromatic carbocycles. The molecule has 36 heavy (non-hydrogen) atoms. The number of anilines is 2. The van der Waals surface area contributed by atoms with Crippen LogP contribution in [-0.2, 0) is 30.9 Å². The largest absolute Gasteiger partial charge is 0.497 e. The quantitative estimate of drug-likeness (QED) is 0.468. The van der Waals surface area contributed by atoms with Gasteiger partial charge in [0.15, 0.2) is 0 Å². The number of hydrogen-bond acceptors (Lipinski definition) is 8. The Morgan fingerprint density at radius 3 is 2.36 bits per heavy atom. The van der Waals surface area contributed by atoms with Gasteiger partial charge in [0.05, 0.1) is 31.2 Å². The van der Waals surface area contributed by atoms with Crippen molar-refractivity contribution in [1.29, 1.82) is 0 Å². The van der Waals surface area contributed by atoms with Crippen LogP contribution in [0, 0.1) is 0 Å². The summed E-state index contributed by atoms with van der Waals surface area (Å²) in [7, 11) is -5.88. The van der Waals surface area contributed by atoms with Crippen LogP contribution < -0.4 is 18.5 Å². The number of methoxy groups -OCH3 is 2. The topological polar surface area (TPSA) is 128 Å². The maximum atomic E-state index is 13.2. The fraction of sp³-hybridized carbons (Fsp3) is 0.208. The summed E-state index contributed by atoms with van der Waals surface area (Å²) < 4.78 is 70.9. The number of carbonyl (C=O) groups excluding carboxylic acids is 1. The van der Waals surface area contributed by atoms with Gasteiger partial charge in [-0.3, -0.25) is 4.72 Å². The Labute approximate surface area is 209 Å². The number of nitrogens with one attached hydrogen (secondary N) is 1. The molecule has 0 saturated carbocycles. The number of aryl methyl sites for hydroxylation is 1. The molecule has 0 radical (unpaired) electrons. The SMILES string of the molecule is COc1ccc(OC)c(S(=O)(=O)Nc2ccc3c(c2)N(S(=O)(=O)OC(=O)c2ccccc2)CCC3)c1. The second-order valence-electron chi connectivity index (χ2n) is 7.84. The first kappa shape index (κ1) is 25.3. The van der Waals surface area contributed by atoms with Gasteiger partial charge < -0.3 is 13.7 Å². The molecule has 0 spiro atoms. The number of nitrogens with zero attached hydrogens (tertiary/aromatic N) is 1. The predicted molar refractivity (Wildman–Crippen MR) is 133 cm³/mol. The van der Waals surface area contributed by atoms with Crippen LogP contribution in [0.25, 0.3) is 0 Å². The van der Waals surface area contributed by atoms with Crippen molar-refractivity contribution in [2.24, 2.45) is 0 Å². The number of carbonyl (C=O) groups is 1. The van der Waals surface area contributed by atoms with Crippen LogP contribution in [0.5, 0.6) is 11.5 Å². The molecule has 12 heteroatoms. The van der Waals surface area contributed by atoms with E-state index in [1.54, 1.807) is 30.3 Å². The zero-order chi connectivity index (χ0) is 25.9. The Kier molecular flexibility index (Phi) is 7.09. The summed E-state index contributed by atoms with van der Waals surface area (Å²) in [6, 6.07) is 16.7. The molecule has 0 aromatic heterocycles. The third-order valence-corrected chi connectivity index (χ3v) is 8.22. The van der Waals surface area contributed by atoms with Crippen molar-refractivity contribution < 1.29 is 35.3 Å². The number of benzene rings is 3. The molecule has 1 aliphatic rings. The Hall–Kier alpha value is -3.77. The maximum Gasteiger partial charge on any atom is 0.412 e. The summed E-state index contributed by atoms with van der Waals surface area (Å²) in [6.45, 7) is 0.0668. The van der Waals surface area contributed by atoms with E-state index in [2.05, 4.69) is 4.72 Å². The molecule has 0 aliphatic carbocycles. The van der Waals surface area contributed by atoms with E-state index in [9.17, 15) is 21.6 Å². The molecule has 0 unspecified atom stereocenters. The Balaban J connectivity index is 1.64. The van der Waals surface area contributed by atoms with Crippen molar-refractivity contribution in [2.45, 2.75) is 17.7 Å². The van der Waals surface area contributed by atoms with Crippen molar-refractivity contribution in [1.82, 2.24) is 0 Å². The number of rotatable bonds is 8. The maximum absolute atomic E-state index is 13.2. The summed E-state index contributed by atoms with van der Waals surface area (Å²) in [5, 5.41) is 0. The molecule has 0 atom stereocenters. The lowest BCUT2D eigenvalue weighted by molar-refractivity contribution is 0.0746. The van der Waals surface area contributed by atoms with Gasteiger partial charge in [0.1, 0.15) is 16.4 Å². The van der Waals surface area contributed by atoms with Gasteiger partial charge in [-0.1, -0.05) is 24.3 Å². The first-order valence-electron chi connectivity index (χ1n) is 10.8. The third kappa shape index (κ3) is 5.24. The van der Waals surface area contributed by atoms with E-state index in [0.717, 1.165) is 4.31 Å². The average Bonchev–Trinajstić information content (AvgIpc) is 2.87. The zero-order valence-electron chi connectivity index (χ0n) is 19.5. The van der Waals surface area contributed by atoms with E-state index >= 15 is 0 Å². The highest BCUT2D eigenvalue weighted by Crippen LogP contribution is 2.35. The van der Waals surface area contributed by atoms with Gasteiger partial charge in [-0.25, -0.2) is 17.5 Å². The van der Waals surface area contributed by atoms with E-state index in [1.807, 2.05) is 0 Å². The Bertz CT molecular complexity index is 1490. The van der Waals surface area contributed by atoms with Crippen LogP contribution in [0.2, 0.25) is 0 Å². The van der Waals surface area contributed by atoms with Crippen molar-refractivity contribution in [3.8, 4) is 11.5 Å². The van der Waals surface area contributed by atoms with Gasteiger partial charge in [-0.2, -0.15) is 8.42 Å². The molecule has 4 rings (SSSR count). The van der Waals surface area contributed by atoms with Crippen LogP contribution in [0.15, 0.2) is 71.6 Å². The lowest BCUT2D eigenvalue weighted by Gasteiger charge is -2.29. The Morgan fingerprint density at radius 2 is 1.67 bits per heavy atom. The number of hydrogen-bond donors (Lipinski definition) is 1. The fourth-order valence-electron chi connectivity index (χ4n) is 3.80. The zero-order valence-corrected chi connectivity index (χ0v) is 21.1. The minimum atomic E-state index is -4.51. The smallest absolute Gasteiger partial charge is 0.412 e. The van der Waals surface area contributed by atoms with Crippen LogP contribution in [0.1, 0.15) is 22.3 Å². The van der Waals surface area contributed by atoms with Gasteiger partial charge in [-0.15, -0.1) is 0 Å². The normalized spacial score (nSPS) is 13.4. The molecule has 190 valence electrons. The van der Waals surface area contributed by atoms with Crippen LogP contribution in [-0.4, -0.2) is 43.6 Å². The molecule has 1 N–H and O–H groups in total. The second-order valence-corrected chi connectivity index (χ2v) is 10.9. The molecule has 0 bridgehead atoms. The second kappa shape index (κ2) is 10.1. The fourth-order valence-corrected chi connectivity index (χ4v) is 6.18. The van der Waals surface area contributed by atoms with E-state index in [1.165, 1.54) is 50.6 Å². The van der Waals surface area contributed by atoms with Crippen molar-refractivity contribution in [3.63, 3.8) is 0 Å². The molecule has 0 fully saturated rings. The van der Waals surface area contributed by atoms with E-state index in [4.69, 9.17) is 13.7 Å². The summed E-state index contributed by atoms with van der Waals surface area (Å²) in [6.07, 6.45) is 1.08. The minimum Gasteiger partial charge on any atom is -0.497 e. The van der Waals surface area contributed by atoms with Gasteiger partial charge in [-0.05, 0) is 54.8 Å². The molecule has 1 heterocycles. The number of ether oxygens (including phenoxy) is 2. The summed E-state index contributed by atoms with van der Waals surface area (Å²) in [5.74, 6) is -0.581. The lowest BCUT2D eigenvalue weighted by Crippen LogP contribution is -2.38. The highest BCUT2D eigenvalue weighted by atomic mass is 32.2. The molecule has 3 aromatic rings. The highest BCUT2D eigenvalue weighted by molar-refractivity contribution is 7.92. The average molecular weight is 533 g/mol. The molecular weight excluding hydrogens is 508 g/mol. The minimum absolute atomic E-state index is 0.0668. The number of fused-ring (bicyclic) bond motifs is 1. The van der Waals surface area contributed by atoms with Crippen molar-refractivity contribution >= 4 is 37.7 Å². The molecular formula is C24H24N2O8S2. The summed E-state index contributed by atoms with van der Waals surface area (Å²) in [5.41, 5.74) is 1.10. The molecule has 10 nitrogen and oxygen atoms in total. The van der Waals surface area contributed by atoms with Crippen molar-refractivity contribution in [3.05, 3.63) is 77.9 Å². The highest BCUT2D eigenvalue weighted by Gasteiger charge is 2.32. The molecule has 0 saturated heterocycles. The van der Waals surface area contributed by atoms with Gasteiger partial charge in [0.25, 0.3) is 10.0 Å². The first-order chi connectivity index (χ1) is 17.1. The van der Waals surface area contributed by atoms with Gasteiger partial charge >= 0.3 is 16.3 Å². The van der Waals surface area contributed by atoms with E-state index in [-0.39, 0.29) is 34.1 Å². The summed E-state index contributed by atoms with van der Waals surface area (Å²) in [4.78, 5) is 12.2. The van der Waals surface area contributed by atoms with Crippen LogP contribution in [0.4, 0.5) is 11.4 Å². The predicted octanol–water partition coefficient (Wildman–Crippen LogP) is 3.36. The van der Waals surface area contributed by atoms with Crippen LogP contribution in [0.3, 0.4) is 0 Å². The van der Waals surface area contributed by atoms with Gasteiger partial charge in [0, 0.05) is 12.6 Å². The third-order valence-electron chi connectivity index (χ3n) is 5.53. The standard InChI is InChI=1S/C24H24N2O8S2/c1-32-20-12-13-22(33-2)23(16-20)35(28,29)25-19-11-10-17-9-6-14-26(21(17)15-19)36(30,31)34-24(27)18-7-4-3-5-8-18/h3-5,7-8,10-13,15-16,25H,6,9,14H2,1-2H3. The Morgan fingerprint density at radius 1 is 0.917 bits per heavy atom. The van der Waals surface area contributed by atoms with Crippen molar-refractivity contribution in [2.75, 3.05) is 29.8 Å². The first-order valence-corrected chi connectivity index (χ1v) is 13.7. The van der Waals surface area contributed by atoms with E-state index in [0.29, 0.717) is 24.2 Å². The lowest BCUT2D eigenvalue weighted by atomic mass is 10.0.